The highest BCUT2D eigenvalue weighted by Gasteiger charge is 2.27. The minimum atomic E-state index is -0.978. The van der Waals surface area contributed by atoms with Crippen LogP contribution in [0.25, 0.3) is 0 Å². The SMILES string of the molecule is O=C(O)c1ccccc1CCC(=O)N(Cc1ccc(F)cc1)CC1CC1. The summed E-state index contributed by atoms with van der Waals surface area (Å²) in [5.41, 5.74) is 1.81. The van der Waals surface area contributed by atoms with Crippen molar-refractivity contribution in [1.82, 2.24) is 4.90 Å². The van der Waals surface area contributed by atoms with Crippen LogP contribution in [0.5, 0.6) is 0 Å². The van der Waals surface area contributed by atoms with E-state index >= 15 is 0 Å². The monoisotopic (exact) mass is 355 g/mol. The van der Waals surface area contributed by atoms with Crippen molar-refractivity contribution >= 4 is 11.9 Å². The lowest BCUT2D eigenvalue weighted by Crippen LogP contribution is -2.32. The fourth-order valence-corrected chi connectivity index (χ4v) is 3.02. The first kappa shape index (κ1) is 18.1. The van der Waals surface area contributed by atoms with Crippen LogP contribution in [-0.2, 0) is 17.8 Å². The Hall–Kier alpha value is -2.69. The van der Waals surface area contributed by atoms with Crippen LogP contribution in [0.2, 0.25) is 0 Å². The van der Waals surface area contributed by atoms with Gasteiger partial charge in [-0.15, -0.1) is 0 Å². The summed E-state index contributed by atoms with van der Waals surface area (Å²) in [4.78, 5) is 25.8. The number of hydrogen-bond donors (Lipinski definition) is 1. The Balaban J connectivity index is 1.65. The second-order valence-electron chi connectivity index (χ2n) is 6.81. The number of carboxylic acid groups (broad SMARTS) is 1. The highest BCUT2D eigenvalue weighted by Crippen LogP contribution is 2.30. The van der Waals surface area contributed by atoms with Crippen molar-refractivity contribution in [2.75, 3.05) is 6.54 Å². The molecule has 0 atom stereocenters. The molecule has 1 N–H and O–H groups in total. The van der Waals surface area contributed by atoms with Gasteiger partial charge >= 0.3 is 5.97 Å². The Morgan fingerprint density at radius 2 is 1.77 bits per heavy atom. The van der Waals surface area contributed by atoms with Gasteiger partial charge in [0.2, 0.25) is 5.91 Å². The molecule has 2 aromatic rings. The number of aryl methyl sites for hydroxylation is 1. The first-order chi connectivity index (χ1) is 12.5. The van der Waals surface area contributed by atoms with Gasteiger partial charge in [-0.3, -0.25) is 4.79 Å². The third-order valence-electron chi connectivity index (χ3n) is 4.67. The number of benzene rings is 2. The molecule has 1 amide bonds. The minimum Gasteiger partial charge on any atom is -0.478 e. The zero-order valence-electron chi connectivity index (χ0n) is 14.5. The molecule has 0 heterocycles. The first-order valence-corrected chi connectivity index (χ1v) is 8.86. The number of rotatable bonds is 8. The summed E-state index contributed by atoms with van der Waals surface area (Å²) in [6, 6.07) is 13.0. The predicted octanol–water partition coefficient (Wildman–Crippen LogP) is 3.90. The molecule has 26 heavy (non-hydrogen) atoms. The number of carboxylic acids is 1. The van der Waals surface area contributed by atoms with Gasteiger partial charge < -0.3 is 10.0 Å². The van der Waals surface area contributed by atoms with Gasteiger partial charge in [0.15, 0.2) is 0 Å². The Morgan fingerprint density at radius 1 is 1.08 bits per heavy atom. The Morgan fingerprint density at radius 3 is 2.42 bits per heavy atom. The van der Waals surface area contributed by atoms with E-state index in [2.05, 4.69) is 0 Å². The van der Waals surface area contributed by atoms with E-state index < -0.39 is 5.97 Å². The Labute approximate surface area is 152 Å². The lowest BCUT2D eigenvalue weighted by molar-refractivity contribution is -0.132. The van der Waals surface area contributed by atoms with Gasteiger partial charge in [-0.1, -0.05) is 30.3 Å². The van der Waals surface area contributed by atoms with Crippen molar-refractivity contribution in [1.29, 1.82) is 0 Å². The van der Waals surface area contributed by atoms with Gasteiger partial charge in [0.05, 0.1) is 5.56 Å². The quantitative estimate of drug-likeness (QED) is 0.781. The lowest BCUT2D eigenvalue weighted by Gasteiger charge is -2.23. The number of carbonyl (C=O) groups excluding carboxylic acids is 1. The smallest absolute Gasteiger partial charge is 0.335 e. The maximum Gasteiger partial charge on any atom is 0.335 e. The maximum absolute atomic E-state index is 13.1. The molecule has 4 nitrogen and oxygen atoms in total. The molecule has 136 valence electrons. The van der Waals surface area contributed by atoms with Gasteiger partial charge in [0, 0.05) is 19.5 Å². The molecule has 1 fully saturated rings. The lowest BCUT2D eigenvalue weighted by atomic mass is 10.0. The molecule has 5 heteroatoms. The summed E-state index contributed by atoms with van der Waals surface area (Å²) < 4.78 is 13.1. The van der Waals surface area contributed by atoms with E-state index in [9.17, 15) is 19.1 Å². The van der Waals surface area contributed by atoms with Crippen LogP contribution in [0.4, 0.5) is 4.39 Å². The second kappa shape index (κ2) is 8.13. The van der Waals surface area contributed by atoms with Crippen molar-refractivity contribution in [3.05, 3.63) is 71.0 Å². The fraction of sp³-hybridized carbons (Fsp3) is 0.333. The summed E-state index contributed by atoms with van der Waals surface area (Å²) in [5.74, 6) is -0.722. The third kappa shape index (κ3) is 4.91. The Bertz CT molecular complexity index is 784. The van der Waals surface area contributed by atoms with Crippen molar-refractivity contribution < 1.29 is 19.1 Å². The predicted molar refractivity (Wildman–Crippen MR) is 96.3 cm³/mol. The van der Waals surface area contributed by atoms with Crippen molar-refractivity contribution in [3.63, 3.8) is 0 Å². The molecule has 1 saturated carbocycles. The number of aromatic carboxylic acids is 1. The first-order valence-electron chi connectivity index (χ1n) is 8.86. The van der Waals surface area contributed by atoms with E-state index in [1.807, 2.05) is 4.90 Å². The van der Waals surface area contributed by atoms with Crippen LogP contribution in [0.1, 0.15) is 40.7 Å². The molecule has 0 unspecified atom stereocenters. The number of halogens is 1. The molecular formula is C21H22FNO3. The van der Waals surface area contributed by atoms with Crippen molar-refractivity contribution in [2.24, 2.45) is 5.92 Å². The Kier molecular flexibility index (Phi) is 5.66. The molecule has 0 aromatic heterocycles. The van der Waals surface area contributed by atoms with Crippen LogP contribution in [0.3, 0.4) is 0 Å². The van der Waals surface area contributed by atoms with Crippen molar-refractivity contribution in [3.8, 4) is 0 Å². The molecular weight excluding hydrogens is 333 g/mol. The summed E-state index contributed by atoms with van der Waals surface area (Å²) >= 11 is 0. The third-order valence-corrected chi connectivity index (χ3v) is 4.67. The highest BCUT2D eigenvalue weighted by atomic mass is 19.1. The molecule has 0 bridgehead atoms. The summed E-state index contributed by atoms with van der Waals surface area (Å²) in [6.07, 6.45) is 2.92. The van der Waals surface area contributed by atoms with E-state index in [0.29, 0.717) is 31.0 Å². The maximum atomic E-state index is 13.1. The second-order valence-corrected chi connectivity index (χ2v) is 6.81. The minimum absolute atomic E-state index is 0.00131. The topological polar surface area (TPSA) is 57.6 Å². The van der Waals surface area contributed by atoms with E-state index in [0.717, 1.165) is 18.4 Å². The number of nitrogens with zero attached hydrogens (tertiary/aromatic N) is 1. The van der Waals surface area contributed by atoms with Gasteiger partial charge in [-0.2, -0.15) is 0 Å². The molecule has 2 aromatic carbocycles. The zero-order chi connectivity index (χ0) is 18.5. The normalized spacial score (nSPS) is 13.4. The number of amides is 1. The van der Waals surface area contributed by atoms with Crippen LogP contribution in [0.15, 0.2) is 48.5 Å². The summed E-state index contributed by atoms with van der Waals surface area (Å²) in [5, 5.41) is 9.26. The molecule has 1 aliphatic rings. The largest absolute Gasteiger partial charge is 0.478 e. The van der Waals surface area contributed by atoms with Gasteiger partial charge in [0.25, 0.3) is 0 Å². The number of carbonyl (C=O) groups is 2. The molecule has 1 aliphatic carbocycles. The van der Waals surface area contributed by atoms with Gasteiger partial charge in [-0.05, 0) is 54.5 Å². The average Bonchev–Trinajstić information content (AvgIpc) is 3.45. The van der Waals surface area contributed by atoms with E-state index in [-0.39, 0.29) is 23.7 Å². The van der Waals surface area contributed by atoms with Crippen LogP contribution < -0.4 is 0 Å². The highest BCUT2D eigenvalue weighted by molar-refractivity contribution is 5.89. The van der Waals surface area contributed by atoms with E-state index in [1.54, 1.807) is 36.4 Å². The van der Waals surface area contributed by atoms with Gasteiger partial charge in [-0.25, -0.2) is 9.18 Å². The van der Waals surface area contributed by atoms with Crippen LogP contribution in [-0.4, -0.2) is 28.4 Å². The number of hydrogen-bond acceptors (Lipinski definition) is 2. The van der Waals surface area contributed by atoms with E-state index in [1.165, 1.54) is 12.1 Å². The molecule has 3 rings (SSSR count). The standard InChI is InChI=1S/C21H22FNO3/c22-18-10-7-16(8-11-18)14-23(13-15-5-6-15)20(24)12-9-17-3-1-2-4-19(17)21(25)26/h1-4,7-8,10-11,15H,5-6,9,12-14H2,(H,25,26). The molecule has 0 saturated heterocycles. The summed E-state index contributed by atoms with van der Waals surface area (Å²) in [7, 11) is 0. The van der Waals surface area contributed by atoms with E-state index in [4.69, 9.17) is 0 Å². The molecule has 0 spiro atoms. The van der Waals surface area contributed by atoms with Crippen LogP contribution in [0, 0.1) is 11.7 Å². The zero-order valence-corrected chi connectivity index (χ0v) is 14.5. The van der Waals surface area contributed by atoms with Gasteiger partial charge in [0.1, 0.15) is 5.82 Å². The average molecular weight is 355 g/mol. The molecule has 0 aliphatic heterocycles. The fourth-order valence-electron chi connectivity index (χ4n) is 3.02. The molecule has 0 radical (unpaired) electrons. The van der Waals surface area contributed by atoms with Crippen LogP contribution >= 0.6 is 0 Å². The van der Waals surface area contributed by atoms with Crippen molar-refractivity contribution in [2.45, 2.75) is 32.2 Å². The summed E-state index contributed by atoms with van der Waals surface area (Å²) in [6.45, 7) is 1.16.